The molecule has 270 valence electrons. The van der Waals surface area contributed by atoms with Crippen LogP contribution in [0, 0.1) is 0 Å². The zero-order chi connectivity index (χ0) is 38.2. The lowest BCUT2D eigenvalue weighted by molar-refractivity contribution is 0.591. The zero-order valence-electron chi connectivity index (χ0n) is 31.6. The van der Waals surface area contributed by atoms with Crippen molar-refractivity contribution in [1.82, 2.24) is 4.57 Å². The number of benzene rings is 10. The van der Waals surface area contributed by atoms with Crippen LogP contribution in [0.5, 0.6) is 5.75 Å². The highest BCUT2D eigenvalue weighted by Gasteiger charge is 2.41. The molecule has 10 aromatic carbocycles. The van der Waals surface area contributed by atoms with E-state index in [-0.39, 0.29) is 0 Å². The first kappa shape index (κ1) is 32.7. The van der Waals surface area contributed by atoms with Crippen molar-refractivity contribution in [2.75, 3.05) is 4.90 Å². The summed E-state index contributed by atoms with van der Waals surface area (Å²) in [7, 11) is 0. The third-order valence-electron chi connectivity index (χ3n) is 11.9. The molecule has 12 rings (SSSR count). The minimum absolute atomic E-state index is 0.436. The summed E-state index contributed by atoms with van der Waals surface area (Å²) in [6.07, 6.45) is 0. The van der Waals surface area contributed by atoms with Gasteiger partial charge in [0, 0.05) is 39.0 Å². The molecule has 4 heteroatoms. The van der Waals surface area contributed by atoms with E-state index in [9.17, 15) is 0 Å². The molecular formula is C54H35BN2O. The number of hydrogen-bond acceptors (Lipinski definition) is 2. The third kappa shape index (κ3) is 5.16. The first-order chi connectivity index (χ1) is 28.7. The van der Waals surface area contributed by atoms with Crippen molar-refractivity contribution in [2.45, 2.75) is 0 Å². The Morgan fingerprint density at radius 3 is 1.59 bits per heavy atom. The first-order valence-corrected chi connectivity index (χ1v) is 19.9. The zero-order valence-corrected chi connectivity index (χ0v) is 31.6. The van der Waals surface area contributed by atoms with Crippen LogP contribution in [0.3, 0.4) is 0 Å². The molecule has 11 aromatic rings. The van der Waals surface area contributed by atoms with Crippen molar-refractivity contribution in [2.24, 2.45) is 0 Å². The van der Waals surface area contributed by atoms with Crippen molar-refractivity contribution in [3.05, 3.63) is 212 Å². The van der Waals surface area contributed by atoms with Crippen LogP contribution in [0.25, 0.3) is 70.9 Å². The standard InChI is InChI=1S/C54H35BN2O/c1-2-20-45(21-3-1)58-55-48-32-40-18-8-9-19-41(40)33-51(48)56(44-29-28-37-15-5-7-17-39(37)31-44)52-34-43(42-27-26-36-14-4-6-16-38(36)30-42)35-53(54(52)55)57-49-24-12-10-22-46(49)47-23-11-13-25-50(47)57/h1-35H. The minimum atomic E-state index is -0.436. The molecular weight excluding hydrogens is 703 g/mol. The molecule has 0 spiro atoms. The molecule has 0 saturated carbocycles. The highest BCUT2D eigenvalue weighted by molar-refractivity contribution is 6.85. The maximum Gasteiger partial charge on any atom is 0.432 e. The summed E-state index contributed by atoms with van der Waals surface area (Å²) >= 11 is 0. The first-order valence-electron chi connectivity index (χ1n) is 19.9. The Kier molecular flexibility index (Phi) is 7.33. The van der Waals surface area contributed by atoms with Crippen molar-refractivity contribution < 1.29 is 4.65 Å². The largest absolute Gasteiger partial charge is 0.551 e. The van der Waals surface area contributed by atoms with E-state index in [2.05, 4.69) is 216 Å². The summed E-state index contributed by atoms with van der Waals surface area (Å²) in [6, 6.07) is 77.0. The highest BCUT2D eigenvalue weighted by Crippen LogP contribution is 2.43. The summed E-state index contributed by atoms with van der Waals surface area (Å²) in [5, 5.41) is 9.64. The lowest BCUT2D eigenvalue weighted by Crippen LogP contribution is -2.55. The number of nitrogens with zero attached hydrogens (tertiary/aromatic N) is 2. The Hall–Kier alpha value is -7.56. The Bertz CT molecular complexity index is 3350. The summed E-state index contributed by atoms with van der Waals surface area (Å²) in [5.74, 6) is 0.823. The van der Waals surface area contributed by atoms with E-state index in [0.717, 1.165) is 61.6 Å². The summed E-state index contributed by atoms with van der Waals surface area (Å²) in [6.45, 7) is -0.436. The second-order valence-electron chi connectivity index (χ2n) is 15.3. The fourth-order valence-corrected chi connectivity index (χ4v) is 9.27. The number of para-hydroxylation sites is 3. The van der Waals surface area contributed by atoms with Crippen molar-refractivity contribution in [3.63, 3.8) is 0 Å². The number of anilines is 3. The smallest absolute Gasteiger partial charge is 0.432 e. The maximum atomic E-state index is 7.34. The maximum absolute atomic E-state index is 7.34. The van der Waals surface area contributed by atoms with E-state index >= 15 is 0 Å². The van der Waals surface area contributed by atoms with Gasteiger partial charge >= 0.3 is 6.92 Å². The predicted octanol–water partition coefficient (Wildman–Crippen LogP) is 12.9. The number of aromatic nitrogens is 1. The van der Waals surface area contributed by atoms with Crippen LogP contribution in [0.1, 0.15) is 0 Å². The molecule has 0 aliphatic carbocycles. The monoisotopic (exact) mass is 738 g/mol. The Morgan fingerprint density at radius 1 is 0.362 bits per heavy atom. The second kappa shape index (κ2) is 13.0. The Morgan fingerprint density at radius 2 is 0.897 bits per heavy atom. The van der Waals surface area contributed by atoms with E-state index in [4.69, 9.17) is 4.65 Å². The van der Waals surface area contributed by atoms with Crippen LogP contribution in [0.2, 0.25) is 0 Å². The Labute approximate surface area is 336 Å². The molecule has 0 bridgehead atoms. The highest BCUT2D eigenvalue weighted by atomic mass is 16.4. The van der Waals surface area contributed by atoms with Crippen molar-refractivity contribution >= 4 is 89.0 Å². The number of fused-ring (bicyclic) bond motifs is 8. The topological polar surface area (TPSA) is 17.4 Å². The molecule has 0 atom stereocenters. The molecule has 0 amide bonds. The van der Waals surface area contributed by atoms with Crippen LogP contribution < -0.4 is 20.5 Å². The normalized spacial score (nSPS) is 12.4. The fraction of sp³-hybridized carbons (Fsp3) is 0. The van der Waals surface area contributed by atoms with E-state index in [1.54, 1.807) is 0 Å². The summed E-state index contributed by atoms with van der Waals surface area (Å²) < 4.78 is 9.81. The molecule has 0 unspecified atom stereocenters. The number of hydrogen-bond donors (Lipinski definition) is 0. The van der Waals surface area contributed by atoms with Gasteiger partial charge in [0.05, 0.1) is 16.8 Å². The van der Waals surface area contributed by atoms with E-state index in [1.807, 2.05) is 6.07 Å². The van der Waals surface area contributed by atoms with Crippen molar-refractivity contribution in [3.8, 4) is 22.6 Å². The average Bonchev–Trinajstić information content (AvgIpc) is 3.62. The van der Waals surface area contributed by atoms with E-state index in [0.29, 0.717) is 0 Å². The van der Waals surface area contributed by atoms with E-state index < -0.39 is 6.92 Å². The molecule has 0 fully saturated rings. The molecule has 1 aliphatic heterocycles. The molecule has 0 radical (unpaired) electrons. The van der Waals surface area contributed by atoms with Gasteiger partial charge in [0.2, 0.25) is 0 Å². The molecule has 58 heavy (non-hydrogen) atoms. The third-order valence-corrected chi connectivity index (χ3v) is 11.9. The summed E-state index contributed by atoms with van der Waals surface area (Å²) in [5.41, 5.74) is 11.2. The summed E-state index contributed by atoms with van der Waals surface area (Å²) in [4.78, 5) is 2.48. The van der Waals surface area contributed by atoms with Crippen LogP contribution in [-0.4, -0.2) is 11.5 Å². The molecule has 2 heterocycles. The van der Waals surface area contributed by atoms with Gasteiger partial charge in [0.1, 0.15) is 0 Å². The van der Waals surface area contributed by atoms with Crippen LogP contribution in [0.4, 0.5) is 17.1 Å². The van der Waals surface area contributed by atoms with Gasteiger partial charge in [-0.3, -0.25) is 0 Å². The number of rotatable bonds is 5. The van der Waals surface area contributed by atoms with Gasteiger partial charge in [-0.15, -0.1) is 0 Å². The van der Waals surface area contributed by atoms with Crippen LogP contribution in [-0.2, 0) is 0 Å². The fourth-order valence-electron chi connectivity index (χ4n) is 9.27. The van der Waals surface area contributed by atoms with E-state index in [1.165, 1.54) is 43.1 Å². The SMILES string of the molecule is c1ccc(OB2c3cc4ccccc4cc3N(c3ccc4ccccc4c3)c3cc(-c4ccc5ccccc5c4)cc(-n4c5ccccc5c5ccccc54)c32)cc1. The molecule has 3 nitrogen and oxygen atoms in total. The van der Waals surface area contributed by atoms with Gasteiger partial charge in [0.25, 0.3) is 0 Å². The average molecular weight is 739 g/mol. The second-order valence-corrected chi connectivity index (χ2v) is 15.3. The quantitative estimate of drug-likeness (QED) is 0.164. The molecule has 0 N–H and O–H groups in total. The van der Waals surface area contributed by atoms with Gasteiger partial charge in [-0.1, -0.05) is 152 Å². The molecule has 1 aromatic heterocycles. The molecule has 0 saturated heterocycles. The van der Waals surface area contributed by atoms with Gasteiger partial charge in [0.15, 0.2) is 0 Å². The lowest BCUT2D eigenvalue weighted by Gasteiger charge is -2.38. The van der Waals surface area contributed by atoms with Crippen molar-refractivity contribution in [1.29, 1.82) is 0 Å². The lowest BCUT2D eigenvalue weighted by atomic mass is 9.51. The van der Waals surface area contributed by atoms with Gasteiger partial charge in [-0.2, -0.15) is 0 Å². The van der Waals surface area contributed by atoms with Crippen LogP contribution in [0.15, 0.2) is 212 Å². The van der Waals surface area contributed by atoms with Gasteiger partial charge < -0.3 is 14.1 Å². The predicted molar refractivity (Wildman–Crippen MR) is 246 cm³/mol. The van der Waals surface area contributed by atoms with Gasteiger partial charge in [-0.05, 0) is 110 Å². The molecule has 1 aliphatic rings. The van der Waals surface area contributed by atoms with Crippen LogP contribution >= 0.6 is 0 Å². The van der Waals surface area contributed by atoms with Gasteiger partial charge in [-0.25, -0.2) is 0 Å². The Balaban J connectivity index is 1.25. The minimum Gasteiger partial charge on any atom is -0.551 e.